The van der Waals surface area contributed by atoms with Crippen molar-refractivity contribution in [3.05, 3.63) is 28.9 Å². The number of amidine groups is 1. The van der Waals surface area contributed by atoms with E-state index >= 15 is 0 Å². The third-order valence-corrected chi connectivity index (χ3v) is 3.92. The zero-order chi connectivity index (χ0) is 15.7. The fourth-order valence-corrected chi connectivity index (χ4v) is 2.77. The SMILES string of the molecule is CC1OC(CCCn2ncc3cc(/C(N)=N\O)c(Cl)cc32)O1. The topological polar surface area (TPSA) is 94.9 Å². The minimum atomic E-state index is -0.104. The van der Waals surface area contributed by atoms with Crippen LogP contribution in [0.4, 0.5) is 0 Å². The predicted molar refractivity (Wildman–Crippen MR) is 81.9 cm³/mol. The lowest BCUT2D eigenvalue weighted by Gasteiger charge is -2.33. The minimum absolute atomic E-state index is 0.0203. The van der Waals surface area contributed by atoms with Crippen LogP contribution >= 0.6 is 11.6 Å². The highest BCUT2D eigenvalue weighted by Gasteiger charge is 2.25. The molecule has 3 rings (SSSR count). The number of rotatable bonds is 5. The van der Waals surface area contributed by atoms with E-state index in [1.807, 2.05) is 11.6 Å². The molecule has 118 valence electrons. The Morgan fingerprint density at radius 2 is 2.27 bits per heavy atom. The van der Waals surface area contributed by atoms with Crippen molar-refractivity contribution in [2.75, 3.05) is 0 Å². The molecular weight excluding hydrogens is 308 g/mol. The maximum Gasteiger partial charge on any atom is 0.171 e. The van der Waals surface area contributed by atoms with E-state index in [4.69, 9.17) is 32.0 Å². The van der Waals surface area contributed by atoms with Crippen molar-refractivity contribution in [1.29, 1.82) is 0 Å². The summed E-state index contributed by atoms with van der Waals surface area (Å²) in [5.41, 5.74) is 6.99. The molecule has 1 aliphatic heterocycles. The second-order valence-corrected chi connectivity index (χ2v) is 5.56. The van der Waals surface area contributed by atoms with Gasteiger partial charge in [0.2, 0.25) is 0 Å². The lowest BCUT2D eigenvalue weighted by Crippen LogP contribution is -2.38. The molecule has 0 saturated carbocycles. The van der Waals surface area contributed by atoms with Gasteiger partial charge in [0, 0.05) is 23.9 Å². The van der Waals surface area contributed by atoms with E-state index in [-0.39, 0.29) is 18.4 Å². The van der Waals surface area contributed by atoms with Crippen LogP contribution in [0.5, 0.6) is 0 Å². The molecule has 3 N–H and O–H groups in total. The number of hydrogen-bond acceptors (Lipinski definition) is 5. The number of nitrogens with zero attached hydrogens (tertiary/aromatic N) is 3. The van der Waals surface area contributed by atoms with E-state index in [1.165, 1.54) is 0 Å². The van der Waals surface area contributed by atoms with E-state index in [0.717, 1.165) is 30.3 Å². The van der Waals surface area contributed by atoms with Gasteiger partial charge in [-0.05, 0) is 25.5 Å². The number of fused-ring (bicyclic) bond motifs is 1. The molecule has 0 aliphatic carbocycles. The number of oxime groups is 1. The summed E-state index contributed by atoms with van der Waals surface area (Å²) < 4.78 is 12.7. The average molecular weight is 325 g/mol. The molecule has 1 aromatic carbocycles. The van der Waals surface area contributed by atoms with Gasteiger partial charge in [-0.15, -0.1) is 0 Å². The minimum Gasteiger partial charge on any atom is -0.409 e. The second-order valence-electron chi connectivity index (χ2n) is 5.16. The van der Waals surface area contributed by atoms with Crippen molar-refractivity contribution in [2.24, 2.45) is 10.9 Å². The Morgan fingerprint density at radius 1 is 1.50 bits per heavy atom. The summed E-state index contributed by atoms with van der Waals surface area (Å²) in [6, 6.07) is 3.53. The van der Waals surface area contributed by atoms with Gasteiger partial charge in [-0.25, -0.2) is 0 Å². The highest BCUT2D eigenvalue weighted by molar-refractivity contribution is 6.34. The normalized spacial score (nSPS) is 22.0. The van der Waals surface area contributed by atoms with Crippen LogP contribution in [0.1, 0.15) is 25.3 Å². The maximum absolute atomic E-state index is 8.77. The molecule has 0 bridgehead atoms. The van der Waals surface area contributed by atoms with Gasteiger partial charge in [0.25, 0.3) is 0 Å². The van der Waals surface area contributed by atoms with Crippen molar-refractivity contribution >= 4 is 28.3 Å². The molecule has 8 heteroatoms. The van der Waals surface area contributed by atoms with Gasteiger partial charge in [0.05, 0.1) is 16.7 Å². The molecule has 1 aliphatic rings. The van der Waals surface area contributed by atoms with Gasteiger partial charge in [-0.3, -0.25) is 4.68 Å². The zero-order valence-electron chi connectivity index (χ0n) is 12.1. The van der Waals surface area contributed by atoms with Crippen molar-refractivity contribution in [2.45, 2.75) is 38.9 Å². The number of aromatic nitrogens is 2. The number of halogens is 1. The molecule has 2 aromatic rings. The lowest BCUT2D eigenvalue weighted by molar-refractivity contribution is -0.377. The van der Waals surface area contributed by atoms with Gasteiger partial charge in [0.1, 0.15) is 0 Å². The molecule has 1 fully saturated rings. The summed E-state index contributed by atoms with van der Waals surface area (Å²) in [5, 5.41) is 17.4. The first-order valence-electron chi connectivity index (χ1n) is 7.02. The van der Waals surface area contributed by atoms with Crippen LogP contribution in [0.3, 0.4) is 0 Å². The maximum atomic E-state index is 8.77. The largest absolute Gasteiger partial charge is 0.409 e. The van der Waals surface area contributed by atoms with Gasteiger partial charge >= 0.3 is 0 Å². The summed E-state index contributed by atoms with van der Waals surface area (Å²) in [6.07, 6.45) is 3.24. The molecule has 7 nitrogen and oxygen atoms in total. The number of aryl methyl sites for hydroxylation is 1. The number of hydrogen-bond donors (Lipinski definition) is 2. The molecule has 0 spiro atoms. The van der Waals surface area contributed by atoms with E-state index < -0.39 is 0 Å². The van der Waals surface area contributed by atoms with Crippen LogP contribution in [-0.4, -0.2) is 33.4 Å². The Hall–Kier alpha value is -1.83. The third-order valence-electron chi connectivity index (χ3n) is 3.61. The van der Waals surface area contributed by atoms with Gasteiger partial charge in [0.15, 0.2) is 18.4 Å². The van der Waals surface area contributed by atoms with Gasteiger partial charge < -0.3 is 20.4 Å². The smallest absolute Gasteiger partial charge is 0.171 e. The van der Waals surface area contributed by atoms with Gasteiger partial charge in [-0.2, -0.15) is 5.10 Å². The average Bonchev–Trinajstić information content (AvgIpc) is 2.86. The number of nitrogens with two attached hydrogens (primary N) is 1. The molecule has 0 atom stereocenters. The molecule has 0 amide bonds. The first kappa shape index (κ1) is 15.1. The quantitative estimate of drug-likeness (QED) is 0.381. The monoisotopic (exact) mass is 324 g/mol. The van der Waals surface area contributed by atoms with Crippen LogP contribution in [0.25, 0.3) is 10.9 Å². The second kappa shape index (κ2) is 6.12. The summed E-state index contributed by atoms with van der Waals surface area (Å²) in [4.78, 5) is 0. The summed E-state index contributed by atoms with van der Waals surface area (Å²) >= 11 is 6.18. The fourth-order valence-electron chi connectivity index (χ4n) is 2.51. The Bertz CT molecular complexity index is 709. The highest BCUT2D eigenvalue weighted by atomic mass is 35.5. The molecule has 2 heterocycles. The number of benzene rings is 1. The standard InChI is InChI=1S/C14H17ClN4O3/c1-8-21-13(22-8)3-2-4-19-12-6-11(15)10(14(16)18-20)5-9(12)7-17-19/h5-8,13,20H,2-4H2,1H3,(H2,16,18). The molecular formula is C14H17ClN4O3. The van der Waals surface area contributed by atoms with Crippen molar-refractivity contribution < 1.29 is 14.7 Å². The van der Waals surface area contributed by atoms with Crippen LogP contribution in [0.15, 0.2) is 23.5 Å². The van der Waals surface area contributed by atoms with E-state index in [2.05, 4.69) is 10.3 Å². The van der Waals surface area contributed by atoms with Crippen LogP contribution < -0.4 is 5.73 Å². The predicted octanol–water partition coefficient (Wildman–Crippen LogP) is 2.28. The summed E-state index contributed by atoms with van der Waals surface area (Å²) in [5.74, 6) is -0.0203. The molecule has 1 saturated heterocycles. The third kappa shape index (κ3) is 2.87. The van der Waals surface area contributed by atoms with Crippen molar-refractivity contribution in [1.82, 2.24) is 9.78 Å². The Labute approximate surface area is 132 Å². The van der Waals surface area contributed by atoms with Crippen LogP contribution in [0, 0.1) is 0 Å². The summed E-state index contributed by atoms with van der Waals surface area (Å²) in [7, 11) is 0. The van der Waals surface area contributed by atoms with Crippen LogP contribution in [0.2, 0.25) is 5.02 Å². The first-order chi connectivity index (χ1) is 10.6. The van der Waals surface area contributed by atoms with E-state index in [9.17, 15) is 0 Å². The zero-order valence-corrected chi connectivity index (χ0v) is 12.8. The molecule has 0 unspecified atom stereocenters. The molecule has 22 heavy (non-hydrogen) atoms. The molecule has 1 aromatic heterocycles. The Morgan fingerprint density at radius 3 is 2.95 bits per heavy atom. The summed E-state index contributed by atoms with van der Waals surface area (Å²) in [6.45, 7) is 2.61. The Kier molecular flexibility index (Phi) is 4.19. The Balaban J connectivity index is 1.73. The fraction of sp³-hybridized carbons (Fsp3) is 0.429. The molecule has 0 radical (unpaired) electrons. The lowest BCUT2D eigenvalue weighted by atomic mass is 10.1. The highest BCUT2D eigenvalue weighted by Crippen LogP contribution is 2.25. The van der Waals surface area contributed by atoms with Crippen LogP contribution in [-0.2, 0) is 16.0 Å². The van der Waals surface area contributed by atoms with Gasteiger partial charge in [-0.1, -0.05) is 16.8 Å². The van der Waals surface area contributed by atoms with E-state index in [0.29, 0.717) is 10.6 Å². The number of ether oxygens (including phenoxy) is 2. The van der Waals surface area contributed by atoms with Crippen molar-refractivity contribution in [3.63, 3.8) is 0 Å². The first-order valence-corrected chi connectivity index (χ1v) is 7.40. The van der Waals surface area contributed by atoms with E-state index in [1.54, 1.807) is 18.3 Å². The van der Waals surface area contributed by atoms with Crippen molar-refractivity contribution in [3.8, 4) is 0 Å².